The van der Waals surface area contributed by atoms with Crippen LogP contribution in [0.15, 0.2) is 18.3 Å². The van der Waals surface area contributed by atoms with Gasteiger partial charge in [-0.05, 0) is 38.3 Å². The van der Waals surface area contributed by atoms with Gasteiger partial charge < -0.3 is 10.0 Å². The Labute approximate surface area is 119 Å². The first-order valence-electron chi connectivity index (χ1n) is 7.53. The van der Waals surface area contributed by atoms with E-state index in [0.717, 1.165) is 25.0 Å². The maximum Gasteiger partial charge on any atom is 0.255 e. The summed E-state index contributed by atoms with van der Waals surface area (Å²) in [6.45, 7) is 3.25. The first kappa shape index (κ1) is 13.6. The predicted octanol–water partition coefficient (Wildman–Crippen LogP) is 2.16. The third-order valence-corrected chi connectivity index (χ3v) is 4.87. The summed E-state index contributed by atoms with van der Waals surface area (Å²) in [7, 11) is 0. The molecule has 1 aliphatic carbocycles. The van der Waals surface area contributed by atoms with E-state index in [9.17, 15) is 9.90 Å². The predicted molar refractivity (Wildman–Crippen MR) is 76.4 cm³/mol. The first-order valence-corrected chi connectivity index (χ1v) is 7.53. The molecule has 2 unspecified atom stereocenters. The lowest BCUT2D eigenvalue weighted by molar-refractivity contribution is -0.0886. The average Bonchev–Trinajstić information content (AvgIpc) is 2.46. The Kier molecular flexibility index (Phi) is 3.50. The van der Waals surface area contributed by atoms with E-state index in [1.54, 1.807) is 6.20 Å². The van der Waals surface area contributed by atoms with Crippen molar-refractivity contribution >= 4 is 5.91 Å². The zero-order valence-corrected chi connectivity index (χ0v) is 12.0. The van der Waals surface area contributed by atoms with Crippen LogP contribution in [0.5, 0.6) is 0 Å². The van der Waals surface area contributed by atoms with E-state index in [1.165, 1.54) is 6.42 Å². The molecule has 1 saturated carbocycles. The smallest absolute Gasteiger partial charge is 0.255 e. The van der Waals surface area contributed by atoms with Gasteiger partial charge in [0.2, 0.25) is 0 Å². The van der Waals surface area contributed by atoms with Crippen molar-refractivity contribution in [3.05, 3.63) is 29.6 Å². The molecular formula is C16H22N2O2. The summed E-state index contributed by atoms with van der Waals surface area (Å²) in [6.07, 6.45) is 6.57. The number of pyridine rings is 1. The minimum absolute atomic E-state index is 0.0464. The Bertz CT molecular complexity index is 500. The number of piperidine rings is 1. The number of hydrogen-bond acceptors (Lipinski definition) is 3. The fourth-order valence-electron chi connectivity index (χ4n) is 3.53. The molecule has 2 fully saturated rings. The molecule has 1 amide bonds. The molecule has 1 N–H and O–H groups in total. The topological polar surface area (TPSA) is 53.4 Å². The summed E-state index contributed by atoms with van der Waals surface area (Å²) in [5, 5.41) is 10.6. The number of amides is 1. The second-order valence-corrected chi connectivity index (χ2v) is 6.24. The molecule has 3 rings (SSSR count). The molecule has 0 spiro atoms. The largest absolute Gasteiger partial charge is 0.389 e. The summed E-state index contributed by atoms with van der Waals surface area (Å²) in [5.74, 6) is 0.289. The maximum absolute atomic E-state index is 12.5. The van der Waals surface area contributed by atoms with Crippen LogP contribution in [0.25, 0.3) is 0 Å². The molecule has 108 valence electrons. The molecule has 1 aromatic heterocycles. The van der Waals surface area contributed by atoms with Crippen LogP contribution in [0, 0.1) is 12.8 Å². The fraction of sp³-hybridized carbons (Fsp3) is 0.625. The van der Waals surface area contributed by atoms with Crippen molar-refractivity contribution in [3.8, 4) is 0 Å². The molecule has 20 heavy (non-hydrogen) atoms. The minimum Gasteiger partial charge on any atom is -0.389 e. The number of hydrogen-bond donors (Lipinski definition) is 1. The van der Waals surface area contributed by atoms with Crippen LogP contribution in [0.3, 0.4) is 0 Å². The van der Waals surface area contributed by atoms with Crippen LogP contribution in [0.2, 0.25) is 0 Å². The van der Waals surface area contributed by atoms with Gasteiger partial charge in [0.25, 0.3) is 5.91 Å². The van der Waals surface area contributed by atoms with Gasteiger partial charge in [0, 0.05) is 30.9 Å². The Morgan fingerprint density at radius 1 is 1.40 bits per heavy atom. The van der Waals surface area contributed by atoms with Gasteiger partial charge in [-0.1, -0.05) is 12.8 Å². The number of rotatable bonds is 1. The van der Waals surface area contributed by atoms with E-state index >= 15 is 0 Å². The van der Waals surface area contributed by atoms with Crippen molar-refractivity contribution in [1.82, 2.24) is 9.88 Å². The van der Waals surface area contributed by atoms with Gasteiger partial charge in [-0.15, -0.1) is 0 Å². The molecule has 2 heterocycles. The number of carbonyl (C=O) groups excluding carboxylic acids is 1. The standard InChI is InChI=1S/C16H22N2O2/c1-12-5-6-13(10-17-12)15(19)18-9-8-16(20)7-3-2-4-14(16)11-18/h5-6,10,14,20H,2-4,7-9,11H2,1H3. The molecule has 1 aliphatic heterocycles. The summed E-state index contributed by atoms with van der Waals surface area (Å²) in [4.78, 5) is 18.6. The molecule has 2 atom stereocenters. The number of likely N-dealkylation sites (tertiary alicyclic amines) is 1. The highest BCUT2D eigenvalue weighted by Crippen LogP contribution is 2.39. The monoisotopic (exact) mass is 274 g/mol. The highest BCUT2D eigenvalue weighted by molar-refractivity contribution is 5.94. The summed E-state index contributed by atoms with van der Waals surface area (Å²) in [5.41, 5.74) is 1.04. The van der Waals surface area contributed by atoms with Crippen molar-refractivity contribution in [3.63, 3.8) is 0 Å². The molecule has 1 saturated heterocycles. The Morgan fingerprint density at radius 2 is 2.25 bits per heavy atom. The molecule has 0 radical (unpaired) electrons. The lowest BCUT2D eigenvalue weighted by Crippen LogP contribution is -2.54. The average molecular weight is 274 g/mol. The first-order chi connectivity index (χ1) is 9.58. The van der Waals surface area contributed by atoms with Gasteiger partial charge in [0.15, 0.2) is 0 Å². The van der Waals surface area contributed by atoms with Crippen LogP contribution in [0.1, 0.15) is 48.2 Å². The maximum atomic E-state index is 12.5. The normalized spacial score (nSPS) is 29.9. The second kappa shape index (κ2) is 5.17. The van der Waals surface area contributed by atoms with Gasteiger partial charge in [0.1, 0.15) is 0 Å². The third kappa shape index (κ3) is 2.44. The van der Waals surface area contributed by atoms with E-state index in [4.69, 9.17) is 0 Å². The lowest BCUT2D eigenvalue weighted by Gasteiger charge is -2.47. The second-order valence-electron chi connectivity index (χ2n) is 6.24. The Hall–Kier alpha value is -1.42. The van der Waals surface area contributed by atoms with E-state index in [2.05, 4.69) is 4.98 Å². The molecular weight excluding hydrogens is 252 g/mol. The molecule has 1 aromatic rings. The third-order valence-electron chi connectivity index (χ3n) is 4.87. The van der Waals surface area contributed by atoms with Crippen LogP contribution >= 0.6 is 0 Å². The minimum atomic E-state index is -0.527. The van der Waals surface area contributed by atoms with Gasteiger partial charge in [-0.25, -0.2) is 0 Å². The Balaban J connectivity index is 1.72. The number of nitrogens with zero attached hydrogens (tertiary/aromatic N) is 2. The quantitative estimate of drug-likeness (QED) is 0.853. The van der Waals surface area contributed by atoms with E-state index in [0.29, 0.717) is 25.1 Å². The molecule has 0 bridgehead atoms. The van der Waals surface area contributed by atoms with E-state index < -0.39 is 5.60 Å². The van der Waals surface area contributed by atoms with Crippen LogP contribution in [-0.4, -0.2) is 39.6 Å². The van der Waals surface area contributed by atoms with Crippen molar-refractivity contribution in [2.24, 2.45) is 5.92 Å². The molecule has 2 aliphatic rings. The van der Waals surface area contributed by atoms with Crippen LogP contribution in [0.4, 0.5) is 0 Å². The SMILES string of the molecule is Cc1ccc(C(=O)N2CCC3(O)CCCCC3C2)cn1. The van der Waals surface area contributed by atoms with Crippen LogP contribution < -0.4 is 0 Å². The van der Waals surface area contributed by atoms with E-state index in [1.807, 2.05) is 24.0 Å². The van der Waals surface area contributed by atoms with Gasteiger partial charge in [-0.3, -0.25) is 9.78 Å². The Morgan fingerprint density at radius 3 is 3.00 bits per heavy atom. The fourth-order valence-corrected chi connectivity index (χ4v) is 3.53. The molecule has 4 heteroatoms. The van der Waals surface area contributed by atoms with Crippen molar-refractivity contribution in [2.75, 3.05) is 13.1 Å². The summed E-state index contributed by atoms with van der Waals surface area (Å²) < 4.78 is 0. The number of carbonyl (C=O) groups is 1. The van der Waals surface area contributed by atoms with Gasteiger partial charge in [0.05, 0.1) is 11.2 Å². The zero-order chi connectivity index (χ0) is 14.2. The van der Waals surface area contributed by atoms with Crippen molar-refractivity contribution in [1.29, 1.82) is 0 Å². The number of fused-ring (bicyclic) bond motifs is 1. The van der Waals surface area contributed by atoms with Crippen molar-refractivity contribution < 1.29 is 9.90 Å². The summed E-state index contributed by atoms with van der Waals surface area (Å²) >= 11 is 0. The van der Waals surface area contributed by atoms with Gasteiger partial charge >= 0.3 is 0 Å². The zero-order valence-electron chi connectivity index (χ0n) is 12.0. The van der Waals surface area contributed by atoms with Gasteiger partial charge in [-0.2, -0.15) is 0 Å². The molecule has 4 nitrogen and oxygen atoms in total. The number of aromatic nitrogens is 1. The molecule has 0 aromatic carbocycles. The van der Waals surface area contributed by atoms with Crippen molar-refractivity contribution in [2.45, 2.75) is 44.6 Å². The highest BCUT2D eigenvalue weighted by Gasteiger charge is 2.43. The van der Waals surface area contributed by atoms with E-state index in [-0.39, 0.29) is 11.8 Å². The van der Waals surface area contributed by atoms with Crippen LogP contribution in [-0.2, 0) is 0 Å². The number of aliphatic hydroxyl groups is 1. The summed E-state index contributed by atoms with van der Waals surface area (Å²) in [6, 6.07) is 3.71. The highest BCUT2D eigenvalue weighted by atomic mass is 16.3. The lowest BCUT2D eigenvalue weighted by atomic mass is 9.71. The number of aryl methyl sites for hydroxylation is 1.